The van der Waals surface area contributed by atoms with Gasteiger partial charge in [0.25, 0.3) is 0 Å². The second kappa shape index (κ2) is 8.88. The Morgan fingerprint density at radius 1 is 1.35 bits per heavy atom. The largest absolute Gasteiger partial charge is 0.444 e. The molecule has 1 rings (SSSR count). The first kappa shape index (κ1) is 19.4. The van der Waals surface area contributed by atoms with E-state index >= 15 is 0 Å². The van der Waals surface area contributed by atoms with E-state index in [1.165, 1.54) is 6.92 Å². The molecule has 130 valence electrons. The molecular formula is C16H27N3O3S. The summed E-state index contributed by atoms with van der Waals surface area (Å²) in [6.45, 7) is 10.3. The number of hydrogen-bond donors (Lipinski definition) is 3. The lowest BCUT2D eigenvalue weighted by molar-refractivity contribution is -0.114. The summed E-state index contributed by atoms with van der Waals surface area (Å²) in [6.07, 6.45) is 0.399. The van der Waals surface area contributed by atoms with Crippen LogP contribution < -0.4 is 16.0 Å². The molecule has 0 bridgehead atoms. The molecule has 3 N–H and O–H groups in total. The molecule has 23 heavy (non-hydrogen) atoms. The van der Waals surface area contributed by atoms with Gasteiger partial charge in [0.2, 0.25) is 5.91 Å². The van der Waals surface area contributed by atoms with E-state index in [0.717, 1.165) is 17.0 Å². The topological polar surface area (TPSA) is 79.5 Å². The zero-order valence-corrected chi connectivity index (χ0v) is 15.3. The lowest BCUT2D eigenvalue weighted by atomic mass is 10.2. The van der Waals surface area contributed by atoms with Gasteiger partial charge < -0.3 is 20.7 Å². The van der Waals surface area contributed by atoms with E-state index < -0.39 is 11.7 Å². The minimum Gasteiger partial charge on any atom is -0.444 e. The summed E-state index contributed by atoms with van der Waals surface area (Å²) in [5.74, 6) is -0.0809. The molecule has 1 atom stereocenters. The molecule has 1 aromatic rings. The summed E-state index contributed by atoms with van der Waals surface area (Å²) in [5, 5.41) is 10.9. The van der Waals surface area contributed by atoms with Crippen molar-refractivity contribution in [3.8, 4) is 0 Å². The zero-order chi connectivity index (χ0) is 17.5. The first-order valence-corrected chi connectivity index (χ1v) is 8.63. The van der Waals surface area contributed by atoms with Crippen LogP contribution in [-0.4, -0.2) is 30.2 Å². The highest BCUT2D eigenvalue weighted by molar-refractivity contribution is 7.10. The van der Waals surface area contributed by atoms with Crippen LogP contribution in [0.25, 0.3) is 0 Å². The van der Waals surface area contributed by atoms with Crippen molar-refractivity contribution < 1.29 is 14.3 Å². The quantitative estimate of drug-likeness (QED) is 0.712. The van der Waals surface area contributed by atoms with E-state index in [1.54, 1.807) is 11.3 Å². The average Bonchev–Trinajstić information content (AvgIpc) is 2.82. The smallest absolute Gasteiger partial charge is 0.407 e. The van der Waals surface area contributed by atoms with Gasteiger partial charge in [-0.1, -0.05) is 6.92 Å². The maximum absolute atomic E-state index is 11.8. The summed E-state index contributed by atoms with van der Waals surface area (Å²) in [5.41, 5.74) is 0.336. The van der Waals surface area contributed by atoms with Crippen LogP contribution in [0.15, 0.2) is 11.4 Å². The predicted octanol–water partition coefficient (Wildman–Crippen LogP) is 3.10. The number of ether oxygens (including phenoxy) is 1. The van der Waals surface area contributed by atoms with E-state index in [4.69, 9.17) is 4.74 Å². The molecule has 6 nitrogen and oxygen atoms in total. The Bertz CT molecular complexity index is 523. The molecule has 0 aliphatic heterocycles. The van der Waals surface area contributed by atoms with Gasteiger partial charge in [-0.15, -0.1) is 11.3 Å². The lowest BCUT2D eigenvalue weighted by Crippen LogP contribution is -2.43. The molecule has 0 saturated carbocycles. The highest BCUT2D eigenvalue weighted by Crippen LogP contribution is 2.21. The number of anilines is 1. The van der Waals surface area contributed by atoms with Gasteiger partial charge in [-0.05, 0) is 38.6 Å². The van der Waals surface area contributed by atoms with Gasteiger partial charge in [0.05, 0.1) is 5.69 Å². The van der Waals surface area contributed by atoms with Crippen molar-refractivity contribution in [2.75, 3.05) is 11.9 Å². The van der Waals surface area contributed by atoms with Gasteiger partial charge in [-0.2, -0.15) is 0 Å². The number of rotatable bonds is 7. The van der Waals surface area contributed by atoms with Gasteiger partial charge in [-0.25, -0.2) is 4.79 Å². The Hall–Kier alpha value is -1.60. The van der Waals surface area contributed by atoms with Gasteiger partial charge in [-0.3, -0.25) is 4.79 Å². The fourth-order valence-electron chi connectivity index (χ4n) is 1.91. The number of alkyl carbamates (subject to hydrolysis) is 1. The molecule has 0 radical (unpaired) electrons. The molecule has 1 aromatic heterocycles. The molecule has 0 aromatic carbocycles. The van der Waals surface area contributed by atoms with E-state index in [2.05, 4.69) is 16.0 Å². The lowest BCUT2D eigenvalue weighted by Gasteiger charge is -2.23. The Labute approximate surface area is 142 Å². The summed E-state index contributed by atoms with van der Waals surface area (Å²) in [7, 11) is 0. The van der Waals surface area contributed by atoms with Crippen molar-refractivity contribution in [2.45, 2.75) is 59.2 Å². The molecule has 0 fully saturated rings. The van der Waals surface area contributed by atoms with E-state index in [1.807, 2.05) is 39.1 Å². The molecule has 7 heteroatoms. The van der Waals surface area contributed by atoms with Gasteiger partial charge in [0.1, 0.15) is 5.60 Å². The number of carbonyl (C=O) groups is 2. The second-order valence-corrected chi connectivity index (χ2v) is 7.32. The van der Waals surface area contributed by atoms with Gasteiger partial charge in [0.15, 0.2) is 0 Å². The summed E-state index contributed by atoms with van der Waals surface area (Å²) >= 11 is 1.58. The Kier molecular flexibility index (Phi) is 7.51. The zero-order valence-electron chi connectivity index (χ0n) is 14.5. The van der Waals surface area contributed by atoms with Crippen LogP contribution in [0, 0.1) is 0 Å². The monoisotopic (exact) mass is 341 g/mol. The third-order valence-corrected chi connectivity index (χ3v) is 3.87. The first-order valence-electron chi connectivity index (χ1n) is 7.75. The predicted molar refractivity (Wildman–Crippen MR) is 93.8 cm³/mol. The van der Waals surface area contributed by atoms with Crippen molar-refractivity contribution in [1.82, 2.24) is 10.6 Å². The van der Waals surface area contributed by atoms with Gasteiger partial charge in [0, 0.05) is 30.9 Å². The Morgan fingerprint density at radius 3 is 2.61 bits per heavy atom. The van der Waals surface area contributed by atoms with E-state index in [9.17, 15) is 9.59 Å². The molecule has 1 unspecified atom stereocenters. The maximum atomic E-state index is 11.8. The van der Waals surface area contributed by atoms with Crippen LogP contribution in [0.1, 0.15) is 45.9 Å². The third-order valence-electron chi connectivity index (χ3n) is 2.95. The number of carbonyl (C=O) groups excluding carboxylic acids is 2. The SMILES string of the molecule is CCC(CNCc1sccc1NC(C)=O)NC(=O)OC(C)(C)C. The number of thiophene rings is 1. The Morgan fingerprint density at radius 2 is 2.04 bits per heavy atom. The number of hydrogen-bond acceptors (Lipinski definition) is 5. The molecule has 0 aliphatic rings. The fraction of sp³-hybridized carbons (Fsp3) is 0.625. The highest BCUT2D eigenvalue weighted by atomic mass is 32.1. The van der Waals surface area contributed by atoms with Crippen LogP contribution in [0.2, 0.25) is 0 Å². The van der Waals surface area contributed by atoms with Crippen LogP contribution in [-0.2, 0) is 16.1 Å². The minimum atomic E-state index is -0.500. The summed E-state index contributed by atoms with van der Waals surface area (Å²) in [4.78, 5) is 24.0. The highest BCUT2D eigenvalue weighted by Gasteiger charge is 2.18. The molecular weight excluding hydrogens is 314 g/mol. The van der Waals surface area contributed by atoms with Crippen LogP contribution >= 0.6 is 11.3 Å². The van der Waals surface area contributed by atoms with Crippen molar-refractivity contribution >= 4 is 29.0 Å². The normalized spacial score (nSPS) is 12.6. The van der Waals surface area contributed by atoms with Crippen LogP contribution in [0.5, 0.6) is 0 Å². The van der Waals surface area contributed by atoms with Crippen LogP contribution in [0.3, 0.4) is 0 Å². The van der Waals surface area contributed by atoms with Crippen molar-refractivity contribution in [3.05, 3.63) is 16.3 Å². The fourth-order valence-corrected chi connectivity index (χ4v) is 2.71. The Balaban J connectivity index is 2.42. The van der Waals surface area contributed by atoms with Crippen LogP contribution in [0.4, 0.5) is 10.5 Å². The summed E-state index contributed by atoms with van der Waals surface area (Å²) in [6, 6.07) is 1.88. The van der Waals surface area contributed by atoms with E-state index in [-0.39, 0.29) is 11.9 Å². The second-order valence-electron chi connectivity index (χ2n) is 6.32. The van der Waals surface area contributed by atoms with E-state index in [0.29, 0.717) is 13.1 Å². The third kappa shape index (κ3) is 7.99. The number of nitrogens with one attached hydrogen (secondary N) is 3. The molecule has 0 aliphatic carbocycles. The first-order chi connectivity index (χ1) is 10.7. The standard InChI is InChI=1S/C16H27N3O3S/c1-6-12(19-15(21)22-16(3,4)5)9-17-10-14-13(7-8-23-14)18-11(2)20/h7-8,12,17H,6,9-10H2,1-5H3,(H,18,20)(H,19,21). The van der Waals surface area contributed by atoms with Crippen molar-refractivity contribution in [2.24, 2.45) is 0 Å². The molecule has 0 saturated heterocycles. The molecule has 1 heterocycles. The maximum Gasteiger partial charge on any atom is 0.407 e. The number of amides is 2. The molecule has 0 spiro atoms. The molecule has 2 amide bonds. The minimum absolute atomic E-state index is 0.00553. The van der Waals surface area contributed by atoms with Crippen molar-refractivity contribution in [3.63, 3.8) is 0 Å². The van der Waals surface area contributed by atoms with Crippen molar-refractivity contribution in [1.29, 1.82) is 0 Å². The average molecular weight is 341 g/mol. The van der Waals surface area contributed by atoms with Gasteiger partial charge >= 0.3 is 6.09 Å². The summed E-state index contributed by atoms with van der Waals surface area (Å²) < 4.78 is 5.26.